The fraction of sp³-hybridized carbons (Fsp3) is 0.304. The molecule has 0 bridgehead atoms. The number of aromatic nitrogens is 1. The molecule has 0 spiro atoms. The van der Waals surface area contributed by atoms with Crippen molar-refractivity contribution in [1.29, 1.82) is 5.26 Å². The molecule has 8 heteroatoms. The summed E-state index contributed by atoms with van der Waals surface area (Å²) in [7, 11) is 3.09. The Morgan fingerprint density at radius 1 is 1.23 bits per heavy atom. The number of nitriles is 1. The Hall–Kier alpha value is -3.38. The molecule has 0 radical (unpaired) electrons. The summed E-state index contributed by atoms with van der Waals surface area (Å²) in [5.41, 5.74) is 1.50. The van der Waals surface area contributed by atoms with Gasteiger partial charge in [-0.1, -0.05) is 29.4 Å². The molecule has 1 aromatic heterocycles. The minimum atomic E-state index is -1.14. The van der Waals surface area contributed by atoms with Crippen LogP contribution in [-0.2, 0) is 9.47 Å². The number of aliphatic hydroxyl groups is 1. The van der Waals surface area contributed by atoms with Crippen molar-refractivity contribution in [2.45, 2.75) is 17.7 Å². The average molecular weight is 421 g/mol. The molecule has 3 aromatic rings. The van der Waals surface area contributed by atoms with Crippen LogP contribution >= 0.6 is 0 Å². The quantitative estimate of drug-likeness (QED) is 0.360. The number of hydrogen-bond donors (Lipinski definition) is 2. The van der Waals surface area contributed by atoms with Gasteiger partial charge in [0.25, 0.3) is 0 Å². The molecule has 0 amide bonds. The summed E-state index contributed by atoms with van der Waals surface area (Å²) in [5, 5.41) is 34.1. The van der Waals surface area contributed by atoms with E-state index in [0.717, 1.165) is 16.5 Å². The van der Waals surface area contributed by atoms with Crippen LogP contribution in [0, 0.1) is 11.3 Å². The van der Waals surface area contributed by atoms with Crippen molar-refractivity contribution >= 4 is 17.1 Å². The molecule has 2 atom stereocenters. The third-order valence-electron chi connectivity index (χ3n) is 5.66. The van der Waals surface area contributed by atoms with Gasteiger partial charge in [0.2, 0.25) is 0 Å². The lowest BCUT2D eigenvalue weighted by Crippen LogP contribution is -2.60. The van der Waals surface area contributed by atoms with Gasteiger partial charge in [-0.2, -0.15) is 5.26 Å². The van der Waals surface area contributed by atoms with E-state index in [4.69, 9.17) is 19.4 Å². The summed E-state index contributed by atoms with van der Waals surface area (Å²) in [6, 6.07) is 14.3. The van der Waals surface area contributed by atoms with Crippen LogP contribution in [0.5, 0.6) is 5.75 Å². The van der Waals surface area contributed by atoms with Gasteiger partial charge >= 0.3 is 0 Å². The molecule has 0 unspecified atom stereocenters. The van der Waals surface area contributed by atoms with Gasteiger partial charge in [-0.15, -0.1) is 0 Å². The molecule has 31 heavy (non-hydrogen) atoms. The number of nitrogens with zero attached hydrogens (tertiary/aromatic N) is 3. The van der Waals surface area contributed by atoms with Crippen molar-refractivity contribution in [3.05, 3.63) is 65.4 Å². The van der Waals surface area contributed by atoms with E-state index in [1.54, 1.807) is 38.6 Å². The molecule has 2 heterocycles. The van der Waals surface area contributed by atoms with E-state index >= 15 is 0 Å². The number of para-hydroxylation sites is 1. The van der Waals surface area contributed by atoms with Crippen LogP contribution in [0.15, 0.2) is 53.8 Å². The van der Waals surface area contributed by atoms with Gasteiger partial charge in [0, 0.05) is 36.9 Å². The normalized spacial score (nSPS) is 19.8. The summed E-state index contributed by atoms with van der Waals surface area (Å²) >= 11 is 0. The highest BCUT2D eigenvalue weighted by Gasteiger charge is 2.50. The Balaban J connectivity index is 1.99. The van der Waals surface area contributed by atoms with Gasteiger partial charge in [-0.25, -0.2) is 0 Å². The van der Waals surface area contributed by atoms with Crippen LogP contribution in [0.2, 0.25) is 0 Å². The van der Waals surface area contributed by atoms with Gasteiger partial charge < -0.3 is 29.1 Å². The predicted octanol–water partition coefficient (Wildman–Crippen LogP) is 2.70. The van der Waals surface area contributed by atoms with Crippen LogP contribution in [0.4, 0.5) is 0 Å². The molecular formula is C23H23N3O5. The van der Waals surface area contributed by atoms with E-state index in [0.29, 0.717) is 16.9 Å². The first kappa shape index (κ1) is 20.9. The van der Waals surface area contributed by atoms with Gasteiger partial charge in [-0.05, 0) is 18.2 Å². The van der Waals surface area contributed by atoms with Crippen LogP contribution in [0.1, 0.15) is 22.7 Å². The monoisotopic (exact) mass is 421 g/mol. The first-order valence-electron chi connectivity index (χ1n) is 9.74. The Bertz CT molecular complexity index is 1160. The molecule has 0 saturated carbocycles. The highest BCUT2D eigenvalue weighted by atomic mass is 16.6. The lowest BCUT2D eigenvalue weighted by atomic mass is 9.84. The van der Waals surface area contributed by atoms with Crippen molar-refractivity contribution in [2.24, 2.45) is 5.16 Å². The molecule has 160 valence electrons. The maximum Gasteiger partial charge on any atom is 0.183 e. The maximum atomic E-state index is 11.6. The Morgan fingerprint density at radius 2 is 1.97 bits per heavy atom. The van der Waals surface area contributed by atoms with Crippen molar-refractivity contribution in [3.63, 3.8) is 0 Å². The van der Waals surface area contributed by atoms with Crippen molar-refractivity contribution < 1.29 is 24.5 Å². The van der Waals surface area contributed by atoms with E-state index in [1.807, 2.05) is 28.8 Å². The maximum absolute atomic E-state index is 11.6. The molecule has 8 nitrogen and oxygen atoms in total. The van der Waals surface area contributed by atoms with Crippen molar-refractivity contribution in [1.82, 2.24) is 4.57 Å². The molecular weight excluding hydrogens is 398 g/mol. The number of benzene rings is 2. The summed E-state index contributed by atoms with van der Waals surface area (Å²) < 4.78 is 18.9. The fourth-order valence-electron chi connectivity index (χ4n) is 4.36. The number of rotatable bonds is 6. The van der Waals surface area contributed by atoms with Crippen LogP contribution < -0.4 is 4.74 Å². The van der Waals surface area contributed by atoms with E-state index in [-0.39, 0.29) is 13.2 Å². The molecule has 2 N–H and O–H groups in total. The number of aliphatic hydroxyl groups excluding tert-OH is 1. The van der Waals surface area contributed by atoms with E-state index in [9.17, 15) is 10.4 Å². The number of hydrogen-bond acceptors (Lipinski definition) is 7. The first-order valence-corrected chi connectivity index (χ1v) is 9.74. The standard InChI is InChI=1S/C23H23N3O5/c1-29-13-23(14-30-2)22(27)21(18-5-3-4-6-20(18)31-23)26-12-16(11-25-28)17-8-7-15(10-24)9-19(17)26/h3-9,11-12,21-22,27-28H,13-14H2,1-2H3/b25-11+/t21-,22+/m1/s1. The number of ether oxygens (including phenoxy) is 3. The SMILES string of the molecule is COCC1(COC)Oc2ccccc2[C@@H](n2cc(/C=N/O)c3ccc(C#N)cc32)[C@@H]1O. The fourth-order valence-corrected chi connectivity index (χ4v) is 4.36. The second-order valence-corrected chi connectivity index (χ2v) is 7.54. The molecule has 2 aromatic carbocycles. The van der Waals surface area contributed by atoms with E-state index in [2.05, 4.69) is 11.2 Å². The first-order chi connectivity index (χ1) is 15.1. The Morgan fingerprint density at radius 3 is 2.65 bits per heavy atom. The van der Waals surface area contributed by atoms with Crippen molar-refractivity contribution in [3.8, 4) is 11.8 Å². The molecule has 0 saturated heterocycles. The summed E-state index contributed by atoms with van der Waals surface area (Å²) in [4.78, 5) is 0. The Labute approximate surface area is 179 Å². The molecule has 1 aliphatic heterocycles. The highest BCUT2D eigenvalue weighted by molar-refractivity contribution is 5.99. The number of fused-ring (bicyclic) bond motifs is 2. The minimum absolute atomic E-state index is 0.112. The summed E-state index contributed by atoms with van der Waals surface area (Å²) in [5.74, 6) is 0.613. The molecule has 0 fully saturated rings. The van der Waals surface area contributed by atoms with Gasteiger partial charge in [-0.3, -0.25) is 0 Å². The largest absolute Gasteiger partial charge is 0.479 e. The van der Waals surface area contributed by atoms with Gasteiger partial charge in [0.15, 0.2) is 5.60 Å². The summed E-state index contributed by atoms with van der Waals surface area (Å²) in [6.07, 6.45) is 2.09. The summed E-state index contributed by atoms with van der Waals surface area (Å²) in [6.45, 7) is 0.223. The van der Waals surface area contributed by atoms with E-state index < -0.39 is 17.7 Å². The van der Waals surface area contributed by atoms with Gasteiger partial charge in [0.05, 0.1) is 42.6 Å². The number of oxime groups is 1. The minimum Gasteiger partial charge on any atom is -0.479 e. The average Bonchev–Trinajstić information content (AvgIpc) is 3.12. The number of methoxy groups -OCH3 is 2. The lowest BCUT2D eigenvalue weighted by Gasteiger charge is -2.45. The molecule has 4 rings (SSSR count). The van der Waals surface area contributed by atoms with Crippen LogP contribution in [-0.4, -0.2) is 60.2 Å². The van der Waals surface area contributed by atoms with E-state index in [1.165, 1.54) is 6.21 Å². The highest BCUT2D eigenvalue weighted by Crippen LogP contribution is 2.44. The zero-order valence-electron chi connectivity index (χ0n) is 17.2. The second-order valence-electron chi connectivity index (χ2n) is 7.54. The van der Waals surface area contributed by atoms with Crippen molar-refractivity contribution in [2.75, 3.05) is 27.4 Å². The molecule has 1 aliphatic rings. The molecule has 0 aliphatic carbocycles. The zero-order chi connectivity index (χ0) is 22.0. The third-order valence-corrected chi connectivity index (χ3v) is 5.66. The van der Waals surface area contributed by atoms with Gasteiger partial charge in [0.1, 0.15) is 11.9 Å². The Kier molecular flexibility index (Phi) is 5.65. The third kappa shape index (κ3) is 3.43. The topological polar surface area (TPSA) is 109 Å². The smallest absolute Gasteiger partial charge is 0.183 e. The second kappa shape index (κ2) is 8.40. The van der Waals surface area contributed by atoms with Crippen LogP contribution in [0.3, 0.4) is 0 Å². The zero-order valence-corrected chi connectivity index (χ0v) is 17.2. The lowest BCUT2D eigenvalue weighted by molar-refractivity contribution is -0.147. The predicted molar refractivity (Wildman–Crippen MR) is 114 cm³/mol. The van der Waals surface area contributed by atoms with Crippen LogP contribution in [0.25, 0.3) is 10.9 Å².